The average molecular weight is 426 g/mol. The van der Waals surface area contributed by atoms with Crippen LogP contribution in [0.3, 0.4) is 0 Å². The Labute approximate surface area is 178 Å². The van der Waals surface area contributed by atoms with E-state index in [0.29, 0.717) is 12.8 Å². The van der Waals surface area contributed by atoms with Crippen LogP contribution in [0, 0.1) is 5.92 Å². The number of carbonyl (C=O) groups excluding carboxylic acids is 1. The Morgan fingerprint density at radius 1 is 1.20 bits per heavy atom. The Morgan fingerprint density at radius 3 is 2.73 bits per heavy atom. The van der Waals surface area contributed by atoms with Gasteiger partial charge in [-0.3, -0.25) is 4.68 Å². The number of fused-ring (bicyclic) bond motifs is 1. The molecule has 160 valence electrons. The van der Waals surface area contributed by atoms with Crippen LogP contribution in [0.4, 0.5) is 0 Å². The van der Waals surface area contributed by atoms with Gasteiger partial charge >= 0.3 is 0 Å². The second kappa shape index (κ2) is 8.81. The quantitative estimate of drug-likeness (QED) is 0.301. The van der Waals surface area contributed by atoms with Crippen LogP contribution < -0.4 is 0 Å². The third-order valence-corrected chi connectivity index (χ3v) is 7.67. The van der Waals surface area contributed by atoms with Crippen LogP contribution in [-0.2, 0) is 16.3 Å². The molecule has 0 spiro atoms. The van der Waals surface area contributed by atoms with E-state index < -0.39 is 8.07 Å². The molecular weight excluding hydrogens is 394 g/mol. The van der Waals surface area contributed by atoms with Gasteiger partial charge in [-0.25, -0.2) is 9.97 Å². The van der Waals surface area contributed by atoms with Crippen molar-refractivity contribution >= 4 is 25.4 Å². The van der Waals surface area contributed by atoms with E-state index in [1.54, 1.807) is 6.33 Å². The van der Waals surface area contributed by atoms with E-state index in [9.17, 15) is 4.79 Å². The van der Waals surface area contributed by atoms with Crippen molar-refractivity contribution in [2.45, 2.75) is 64.1 Å². The minimum atomic E-state index is -1.09. The van der Waals surface area contributed by atoms with Crippen molar-refractivity contribution in [3.63, 3.8) is 0 Å². The maximum Gasteiger partial charge on any atom is 0.145 e. The number of nitrogens with zero attached hydrogens (tertiary/aromatic N) is 5. The zero-order valence-corrected chi connectivity index (χ0v) is 19.1. The highest BCUT2D eigenvalue weighted by Crippen LogP contribution is 2.32. The zero-order chi connectivity index (χ0) is 21.1. The first-order valence-electron chi connectivity index (χ1n) is 10.8. The van der Waals surface area contributed by atoms with Crippen LogP contribution in [-0.4, -0.2) is 45.3 Å². The molecule has 0 amide bonds. The lowest BCUT2D eigenvalue weighted by Crippen LogP contribution is -2.22. The number of rotatable bonds is 8. The van der Waals surface area contributed by atoms with E-state index in [-0.39, 0.29) is 5.92 Å². The van der Waals surface area contributed by atoms with Gasteiger partial charge in [0, 0.05) is 43.9 Å². The van der Waals surface area contributed by atoms with E-state index in [0.717, 1.165) is 66.9 Å². The topological polar surface area (TPSA) is 74.8 Å². The maximum atomic E-state index is 11.0. The van der Waals surface area contributed by atoms with Crippen molar-refractivity contribution in [2.24, 2.45) is 5.92 Å². The summed E-state index contributed by atoms with van der Waals surface area (Å²) in [4.78, 5) is 20.0. The molecule has 0 N–H and O–H groups in total. The molecule has 0 atom stereocenters. The number of aromatic nitrogens is 5. The van der Waals surface area contributed by atoms with Gasteiger partial charge in [0.05, 0.1) is 17.9 Å². The molecule has 0 unspecified atom stereocenters. The zero-order valence-electron chi connectivity index (χ0n) is 18.1. The van der Waals surface area contributed by atoms with Crippen molar-refractivity contribution in [1.29, 1.82) is 0 Å². The van der Waals surface area contributed by atoms with E-state index in [2.05, 4.69) is 47.0 Å². The van der Waals surface area contributed by atoms with Crippen molar-refractivity contribution in [3.8, 4) is 11.3 Å². The van der Waals surface area contributed by atoms with Gasteiger partial charge in [0.25, 0.3) is 0 Å². The van der Waals surface area contributed by atoms with E-state index >= 15 is 0 Å². The molecule has 0 aliphatic heterocycles. The Morgan fingerprint density at radius 2 is 2.00 bits per heavy atom. The van der Waals surface area contributed by atoms with Crippen LogP contribution in [0.1, 0.15) is 31.7 Å². The fourth-order valence-corrected chi connectivity index (χ4v) is 4.80. The Hall–Kier alpha value is -2.32. The van der Waals surface area contributed by atoms with E-state index in [1.807, 2.05) is 21.6 Å². The summed E-state index contributed by atoms with van der Waals surface area (Å²) >= 11 is 0. The fourth-order valence-electron chi connectivity index (χ4n) is 4.04. The van der Waals surface area contributed by atoms with Crippen molar-refractivity contribution < 1.29 is 9.53 Å². The summed E-state index contributed by atoms with van der Waals surface area (Å²) in [6.45, 7) is 8.36. The van der Waals surface area contributed by atoms with Gasteiger partial charge in [0.15, 0.2) is 0 Å². The largest absolute Gasteiger partial charge is 0.361 e. The molecule has 0 aromatic carbocycles. The van der Waals surface area contributed by atoms with Crippen molar-refractivity contribution in [1.82, 2.24) is 24.3 Å². The molecule has 0 bridgehead atoms. The van der Waals surface area contributed by atoms with E-state index in [4.69, 9.17) is 4.74 Å². The van der Waals surface area contributed by atoms with Gasteiger partial charge in [-0.2, -0.15) is 5.10 Å². The van der Waals surface area contributed by atoms with Gasteiger partial charge in [0.2, 0.25) is 0 Å². The summed E-state index contributed by atoms with van der Waals surface area (Å²) in [6, 6.07) is 3.57. The molecular formula is C22H31N5O2Si. The smallest absolute Gasteiger partial charge is 0.145 e. The Kier molecular flexibility index (Phi) is 6.15. The molecule has 1 aliphatic carbocycles. The lowest BCUT2D eigenvalue weighted by Gasteiger charge is -2.25. The van der Waals surface area contributed by atoms with Crippen LogP contribution >= 0.6 is 0 Å². The third-order valence-electron chi connectivity index (χ3n) is 5.97. The first kappa shape index (κ1) is 20.9. The van der Waals surface area contributed by atoms with Gasteiger partial charge in [-0.15, -0.1) is 0 Å². The molecule has 3 aromatic rings. The number of ether oxygens (including phenoxy) is 1. The predicted molar refractivity (Wildman–Crippen MR) is 120 cm³/mol. The molecule has 0 radical (unpaired) electrons. The van der Waals surface area contributed by atoms with Crippen LogP contribution in [0.25, 0.3) is 22.3 Å². The number of aldehydes is 1. The van der Waals surface area contributed by atoms with Crippen LogP contribution in [0.15, 0.2) is 31.0 Å². The molecule has 8 heteroatoms. The van der Waals surface area contributed by atoms with Crippen LogP contribution in [0.2, 0.25) is 25.7 Å². The lowest BCUT2D eigenvalue weighted by atomic mass is 9.87. The first-order valence-corrected chi connectivity index (χ1v) is 14.5. The molecule has 4 rings (SSSR count). The summed E-state index contributed by atoms with van der Waals surface area (Å²) in [5.41, 5.74) is 2.78. The molecule has 7 nitrogen and oxygen atoms in total. The predicted octanol–water partition coefficient (Wildman–Crippen LogP) is 4.54. The number of carbonyl (C=O) groups is 1. The summed E-state index contributed by atoms with van der Waals surface area (Å²) in [5.74, 6) is 0.213. The molecule has 3 heterocycles. The highest BCUT2D eigenvalue weighted by atomic mass is 28.3. The SMILES string of the molecule is C[Si](C)(C)CCOCn1ccc2c(-c3cnn(C4CCC(C=O)CC4)c3)ncnc21. The lowest BCUT2D eigenvalue weighted by molar-refractivity contribution is -0.112. The Bertz CT molecular complexity index is 999. The number of hydrogen-bond acceptors (Lipinski definition) is 5. The molecule has 30 heavy (non-hydrogen) atoms. The van der Waals surface area contributed by atoms with Crippen molar-refractivity contribution in [2.75, 3.05) is 6.61 Å². The highest BCUT2D eigenvalue weighted by molar-refractivity contribution is 6.76. The second-order valence-corrected chi connectivity index (χ2v) is 15.1. The molecule has 0 saturated heterocycles. The second-order valence-electron chi connectivity index (χ2n) is 9.51. The summed E-state index contributed by atoms with van der Waals surface area (Å²) in [5, 5.41) is 5.61. The van der Waals surface area contributed by atoms with Crippen molar-refractivity contribution in [3.05, 3.63) is 31.0 Å². The van der Waals surface area contributed by atoms with Gasteiger partial charge in [-0.05, 0) is 37.8 Å². The summed E-state index contributed by atoms with van der Waals surface area (Å²) in [6.07, 6.45) is 12.6. The fraction of sp³-hybridized carbons (Fsp3) is 0.545. The average Bonchev–Trinajstić information content (AvgIpc) is 3.38. The third kappa shape index (κ3) is 4.70. The minimum absolute atomic E-state index is 0.213. The van der Waals surface area contributed by atoms with Gasteiger partial charge in [-0.1, -0.05) is 19.6 Å². The van der Waals surface area contributed by atoms with Crippen LogP contribution in [0.5, 0.6) is 0 Å². The van der Waals surface area contributed by atoms with E-state index in [1.165, 1.54) is 0 Å². The maximum absolute atomic E-state index is 11.0. The first-order chi connectivity index (χ1) is 14.4. The molecule has 1 aliphatic rings. The molecule has 3 aromatic heterocycles. The Balaban J connectivity index is 1.48. The highest BCUT2D eigenvalue weighted by Gasteiger charge is 2.23. The molecule has 1 saturated carbocycles. The number of hydrogen-bond donors (Lipinski definition) is 0. The monoisotopic (exact) mass is 425 g/mol. The van der Waals surface area contributed by atoms with Gasteiger partial charge in [0.1, 0.15) is 25.0 Å². The minimum Gasteiger partial charge on any atom is -0.361 e. The van der Waals surface area contributed by atoms with Gasteiger partial charge < -0.3 is 14.1 Å². The molecule has 1 fully saturated rings. The summed E-state index contributed by atoms with van der Waals surface area (Å²) < 4.78 is 9.99. The normalized spacial score (nSPS) is 20.0. The summed E-state index contributed by atoms with van der Waals surface area (Å²) in [7, 11) is -1.09. The standard InChI is InChI=1S/C22H31N5O2Si/c1-30(2,3)11-10-29-16-26-9-8-20-21(23-15-24-22(20)26)18-12-25-27(13-18)19-6-4-17(14-28)5-7-19/h8-9,12-15,17,19H,4-7,10-11,16H2,1-3H3.